The molecule has 0 aliphatic carbocycles. The van der Waals surface area contributed by atoms with E-state index in [1.54, 1.807) is 19.4 Å². The maximum atomic E-state index is 6.03. The molecule has 6 nitrogen and oxygen atoms in total. The highest BCUT2D eigenvalue weighted by Gasteiger charge is 2.09. The predicted molar refractivity (Wildman–Crippen MR) is 89.2 cm³/mol. The number of methoxy groups -OCH3 is 1. The smallest absolute Gasteiger partial charge is 0.184 e. The number of aromatic nitrogens is 3. The molecule has 0 bridgehead atoms. The van der Waals surface area contributed by atoms with Gasteiger partial charge in [-0.05, 0) is 36.8 Å². The Hall–Kier alpha value is -2.47. The van der Waals surface area contributed by atoms with E-state index in [1.807, 2.05) is 28.7 Å². The molecule has 0 radical (unpaired) electrons. The Balaban J connectivity index is 1.58. The van der Waals surface area contributed by atoms with Crippen molar-refractivity contribution in [3.05, 3.63) is 47.4 Å². The minimum atomic E-state index is 0.519. The normalized spacial score (nSPS) is 10.9. The fraction of sp³-hybridized carbons (Fsp3) is 0.250. The molecular formula is C16H17ClN4O2. The first-order chi connectivity index (χ1) is 11.2. The van der Waals surface area contributed by atoms with Crippen molar-refractivity contribution < 1.29 is 9.47 Å². The van der Waals surface area contributed by atoms with Crippen LogP contribution >= 0.6 is 11.6 Å². The molecule has 0 saturated heterocycles. The van der Waals surface area contributed by atoms with E-state index >= 15 is 0 Å². The van der Waals surface area contributed by atoms with E-state index in [-0.39, 0.29) is 0 Å². The maximum absolute atomic E-state index is 6.03. The predicted octanol–water partition coefficient (Wildman–Crippen LogP) is 2.99. The molecule has 0 unspecified atom stereocenters. The van der Waals surface area contributed by atoms with Crippen molar-refractivity contribution in [2.24, 2.45) is 0 Å². The molecule has 3 aromatic rings. The third kappa shape index (κ3) is 3.48. The molecule has 7 heteroatoms. The van der Waals surface area contributed by atoms with E-state index in [0.717, 1.165) is 30.2 Å². The minimum Gasteiger partial charge on any atom is -0.497 e. The summed E-state index contributed by atoms with van der Waals surface area (Å²) in [7, 11) is 1.64. The summed E-state index contributed by atoms with van der Waals surface area (Å²) in [4.78, 5) is 0. The van der Waals surface area contributed by atoms with Gasteiger partial charge in [0.15, 0.2) is 5.65 Å². The number of nitrogens with zero attached hydrogens (tertiary/aromatic N) is 3. The van der Waals surface area contributed by atoms with Gasteiger partial charge in [-0.2, -0.15) is 0 Å². The Morgan fingerprint density at radius 1 is 1.17 bits per heavy atom. The first-order valence-electron chi connectivity index (χ1n) is 7.23. The van der Waals surface area contributed by atoms with E-state index in [9.17, 15) is 0 Å². The molecule has 3 rings (SSSR count). The van der Waals surface area contributed by atoms with Gasteiger partial charge in [-0.3, -0.25) is 4.40 Å². The van der Waals surface area contributed by atoms with Crippen LogP contribution in [0.5, 0.6) is 11.5 Å². The van der Waals surface area contributed by atoms with Gasteiger partial charge in [0.05, 0.1) is 24.4 Å². The topological polar surface area (TPSA) is 74.7 Å². The number of hydrogen-bond acceptors (Lipinski definition) is 5. The number of aryl methyl sites for hydroxylation is 1. The number of pyridine rings is 1. The number of benzene rings is 1. The van der Waals surface area contributed by atoms with Crippen molar-refractivity contribution in [1.82, 2.24) is 14.6 Å². The summed E-state index contributed by atoms with van der Waals surface area (Å²) in [5, 5.41) is 8.82. The van der Waals surface area contributed by atoms with Crippen LogP contribution in [0.15, 0.2) is 36.5 Å². The molecular weight excluding hydrogens is 316 g/mol. The lowest BCUT2D eigenvalue weighted by Crippen LogP contribution is -2.02. The highest BCUT2D eigenvalue weighted by atomic mass is 35.5. The summed E-state index contributed by atoms with van der Waals surface area (Å²) in [6.07, 6.45) is 3.29. The molecule has 0 atom stereocenters. The second-order valence-electron chi connectivity index (χ2n) is 5.05. The zero-order valence-corrected chi connectivity index (χ0v) is 13.5. The van der Waals surface area contributed by atoms with Gasteiger partial charge in [-0.15, -0.1) is 10.2 Å². The summed E-state index contributed by atoms with van der Waals surface area (Å²) >= 11 is 6.03. The lowest BCUT2D eigenvalue weighted by molar-refractivity contribution is 0.309. The Kier molecular flexibility index (Phi) is 4.52. The van der Waals surface area contributed by atoms with E-state index < -0.39 is 0 Å². The van der Waals surface area contributed by atoms with Crippen molar-refractivity contribution in [3.63, 3.8) is 0 Å². The van der Waals surface area contributed by atoms with Gasteiger partial charge in [-0.25, -0.2) is 0 Å². The molecule has 23 heavy (non-hydrogen) atoms. The number of nitrogens with two attached hydrogens (primary N) is 1. The molecule has 2 N–H and O–H groups in total. The van der Waals surface area contributed by atoms with Crippen LogP contribution < -0.4 is 15.2 Å². The molecule has 0 spiro atoms. The van der Waals surface area contributed by atoms with Crippen molar-refractivity contribution in [3.8, 4) is 11.5 Å². The SMILES string of the molecule is COc1ccc(OCCCc2nnc3c(N)cc(Cl)cn23)cc1. The van der Waals surface area contributed by atoms with Crippen LogP contribution in [-0.2, 0) is 6.42 Å². The van der Waals surface area contributed by atoms with Crippen molar-refractivity contribution in [2.75, 3.05) is 19.5 Å². The number of ether oxygens (including phenoxy) is 2. The van der Waals surface area contributed by atoms with Gasteiger partial charge in [0.2, 0.25) is 0 Å². The van der Waals surface area contributed by atoms with Gasteiger partial charge in [0, 0.05) is 12.6 Å². The van der Waals surface area contributed by atoms with E-state index in [0.29, 0.717) is 23.0 Å². The standard InChI is InChI=1S/C16H17ClN4O2/c1-22-12-4-6-13(7-5-12)23-8-2-3-15-19-20-16-14(18)9-11(17)10-21(15)16/h4-7,9-10H,2-3,8,18H2,1H3. The fourth-order valence-corrected chi connectivity index (χ4v) is 2.51. The second-order valence-corrected chi connectivity index (χ2v) is 5.49. The largest absolute Gasteiger partial charge is 0.497 e. The van der Waals surface area contributed by atoms with Gasteiger partial charge < -0.3 is 15.2 Å². The van der Waals surface area contributed by atoms with Gasteiger partial charge in [-0.1, -0.05) is 11.6 Å². The number of nitrogen functional groups attached to an aromatic ring is 1. The third-order valence-corrected chi connectivity index (χ3v) is 3.65. The Labute approximate surface area is 138 Å². The summed E-state index contributed by atoms with van der Waals surface area (Å²) < 4.78 is 12.6. The lowest BCUT2D eigenvalue weighted by atomic mass is 10.3. The van der Waals surface area contributed by atoms with Crippen molar-refractivity contribution in [2.45, 2.75) is 12.8 Å². The van der Waals surface area contributed by atoms with Crippen molar-refractivity contribution in [1.29, 1.82) is 0 Å². The Morgan fingerprint density at radius 3 is 2.65 bits per heavy atom. The maximum Gasteiger partial charge on any atom is 0.184 e. The molecule has 0 amide bonds. The zero-order chi connectivity index (χ0) is 16.2. The molecule has 120 valence electrons. The number of rotatable bonds is 6. The Morgan fingerprint density at radius 2 is 1.91 bits per heavy atom. The number of hydrogen-bond donors (Lipinski definition) is 1. The van der Waals surface area contributed by atoms with Crippen LogP contribution in [0.25, 0.3) is 5.65 Å². The first kappa shape index (κ1) is 15.4. The average molecular weight is 333 g/mol. The first-order valence-corrected chi connectivity index (χ1v) is 7.60. The molecule has 0 aliphatic rings. The van der Waals surface area contributed by atoms with Crippen LogP contribution in [0.4, 0.5) is 5.69 Å². The van der Waals surface area contributed by atoms with Crippen molar-refractivity contribution >= 4 is 22.9 Å². The highest BCUT2D eigenvalue weighted by Crippen LogP contribution is 2.20. The quantitative estimate of drug-likeness (QED) is 0.702. The molecule has 2 heterocycles. The number of fused-ring (bicyclic) bond motifs is 1. The average Bonchev–Trinajstić information content (AvgIpc) is 2.95. The summed E-state index contributed by atoms with van der Waals surface area (Å²) in [6, 6.07) is 9.16. The summed E-state index contributed by atoms with van der Waals surface area (Å²) in [6.45, 7) is 0.581. The Bertz CT molecular complexity index is 802. The number of halogens is 1. The molecule has 0 saturated carbocycles. The zero-order valence-electron chi connectivity index (χ0n) is 12.7. The molecule has 0 fully saturated rings. The molecule has 0 aliphatic heterocycles. The highest BCUT2D eigenvalue weighted by molar-refractivity contribution is 6.30. The number of anilines is 1. The van der Waals surface area contributed by atoms with Gasteiger partial charge in [0.1, 0.15) is 17.3 Å². The van der Waals surface area contributed by atoms with Crippen LogP contribution in [0.1, 0.15) is 12.2 Å². The van der Waals surface area contributed by atoms with Crippen LogP contribution in [0.3, 0.4) is 0 Å². The monoisotopic (exact) mass is 332 g/mol. The fourth-order valence-electron chi connectivity index (χ4n) is 2.29. The third-order valence-electron chi connectivity index (χ3n) is 3.44. The van der Waals surface area contributed by atoms with Crippen LogP contribution in [-0.4, -0.2) is 28.3 Å². The van der Waals surface area contributed by atoms with Gasteiger partial charge in [0.25, 0.3) is 0 Å². The van der Waals surface area contributed by atoms with E-state index in [1.165, 1.54) is 0 Å². The van der Waals surface area contributed by atoms with E-state index in [4.69, 9.17) is 26.8 Å². The minimum absolute atomic E-state index is 0.519. The summed E-state index contributed by atoms with van der Waals surface area (Å²) in [5.74, 6) is 2.43. The van der Waals surface area contributed by atoms with Crippen LogP contribution in [0, 0.1) is 0 Å². The van der Waals surface area contributed by atoms with E-state index in [2.05, 4.69) is 10.2 Å². The molecule has 1 aromatic carbocycles. The molecule has 2 aromatic heterocycles. The summed E-state index contributed by atoms with van der Waals surface area (Å²) in [5.41, 5.74) is 7.03. The van der Waals surface area contributed by atoms with Crippen LogP contribution in [0.2, 0.25) is 5.02 Å². The lowest BCUT2D eigenvalue weighted by Gasteiger charge is -2.07. The second kappa shape index (κ2) is 6.75. The van der Waals surface area contributed by atoms with Gasteiger partial charge >= 0.3 is 0 Å².